The number of halogens is 4. The zero-order valence-electron chi connectivity index (χ0n) is 13.1. The molecule has 0 radical (unpaired) electrons. The molecule has 138 valence electrons. The highest BCUT2D eigenvalue weighted by Crippen LogP contribution is 2.38. The second kappa shape index (κ2) is 7.05. The van der Waals surface area contributed by atoms with Crippen molar-refractivity contribution in [1.82, 2.24) is 0 Å². The minimum atomic E-state index is -4.68. The van der Waals surface area contributed by atoms with Crippen LogP contribution in [0.2, 0.25) is 5.02 Å². The quantitative estimate of drug-likeness (QED) is 0.678. The number of phenolic OH excluding ortho intramolecular Hbond substituents is 1. The number of phenols is 1. The Morgan fingerprint density at radius 2 is 1.73 bits per heavy atom. The van der Waals surface area contributed by atoms with Gasteiger partial charge in [-0.05, 0) is 24.3 Å². The monoisotopic (exact) mass is 403 g/mol. The average molecular weight is 404 g/mol. The number of alkyl halides is 3. The Morgan fingerprint density at radius 1 is 1.12 bits per heavy atom. The maximum absolute atomic E-state index is 12.8. The second-order valence-corrected chi connectivity index (χ2v) is 7.21. The summed E-state index contributed by atoms with van der Waals surface area (Å²) >= 11 is 5.87. The van der Waals surface area contributed by atoms with E-state index in [1.807, 2.05) is 0 Å². The van der Waals surface area contributed by atoms with E-state index in [0.29, 0.717) is 6.07 Å². The number of anilines is 1. The molecule has 0 bridgehead atoms. The molecule has 0 amide bonds. The standard InChI is InChI=1S/C17H13ClF3NO3S/c1-3-12-13(4-2)16(23)14(18)9-15(12)22-26(24,25)11-7-5-6-10(8-11)17(19,20)21/h3-9,22-23H,1-2H2. The maximum Gasteiger partial charge on any atom is 0.416 e. The van der Waals surface area contributed by atoms with Crippen molar-refractivity contribution in [2.75, 3.05) is 4.72 Å². The molecule has 0 saturated heterocycles. The van der Waals surface area contributed by atoms with E-state index in [1.165, 1.54) is 12.2 Å². The normalized spacial score (nSPS) is 11.8. The van der Waals surface area contributed by atoms with Gasteiger partial charge in [-0.15, -0.1) is 0 Å². The van der Waals surface area contributed by atoms with Crippen LogP contribution in [0.5, 0.6) is 5.75 Å². The molecular formula is C17H13ClF3NO3S. The fourth-order valence-corrected chi connectivity index (χ4v) is 3.56. The van der Waals surface area contributed by atoms with Crippen molar-refractivity contribution in [3.8, 4) is 5.75 Å². The van der Waals surface area contributed by atoms with Crippen LogP contribution in [-0.2, 0) is 16.2 Å². The first-order valence-electron chi connectivity index (χ1n) is 7.01. The zero-order valence-corrected chi connectivity index (χ0v) is 14.7. The molecule has 0 unspecified atom stereocenters. The highest BCUT2D eigenvalue weighted by molar-refractivity contribution is 7.92. The van der Waals surface area contributed by atoms with Crippen molar-refractivity contribution in [2.45, 2.75) is 11.1 Å². The Balaban J connectivity index is 2.56. The first-order valence-corrected chi connectivity index (χ1v) is 8.87. The van der Waals surface area contributed by atoms with Gasteiger partial charge >= 0.3 is 6.18 Å². The number of hydrogen-bond acceptors (Lipinski definition) is 3. The van der Waals surface area contributed by atoms with Gasteiger partial charge < -0.3 is 5.11 Å². The molecule has 0 heterocycles. The topological polar surface area (TPSA) is 66.4 Å². The minimum absolute atomic E-state index is 0.0601. The summed E-state index contributed by atoms with van der Waals surface area (Å²) in [5.74, 6) is -0.321. The summed E-state index contributed by atoms with van der Waals surface area (Å²) in [5, 5.41) is 9.76. The Labute approximate surface area is 153 Å². The van der Waals surface area contributed by atoms with E-state index in [9.17, 15) is 26.7 Å². The predicted molar refractivity (Wildman–Crippen MR) is 95.6 cm³/mol. The number of aromatic hydroxyl groups is 1. The molecular weight excluding hydrogens is 391 g/mol. The lowest BCUT2D eigenvalue weighted by Crippen LogP contribution is -2.15. The fourth-order valence-electron chi connectivity index (χ4n) is 2.23. The smallest absolute Gasteiger partial charge is 0.416 e. The van der Waals surface area contributed by atoms with Crippen LogP contribution in [0.15, 0.2) is 48.4 Å². The van der Waals surface area contributed by atoms with Gasteiger partial charge in [0, 0.05) is 11.1 Å². The Bertz CT molecular complexity index is 985. The molecule has 2 N–H and O–H groups in total. The van der Waals surface area contributed by atoms with Crippen molar-refractivity contribution in [3.05, 3.63) is 65.2 Å². The van der Waals surface area contributed by atoms with Crippen molar-refractivity contribution in [2.24, 2.45) is 0 Å². The molecule has 2 rings (SSSR count). The van der Waals surface area contributed by atoms with Gasteiger partial charge in [-0.1, -0.05) is 43.0 Å². The highest BCUT2D eigenvalue weighted by Gasteiger charge is 2.31. The van der Waals surface area contributed by atoms with Crippen LogP contribution in [0.4, 0.5) is 18.9 Å². The lowest BCUT2D eigenvalue weighted by Gasteiger charge is -2.16. The SMILES string of the molecule is C=Cc1c(NS(=O)(=O)c2cccc(C(F)(F)F)c2)cc(Cl)c(O)c1C=C. The fraction of sp³-hybridized carbons (Fsp3) is 0.0588. The van der Waals surface area contributed by atoms with Crippen LogP contribution >= 0.6 is 11.6 Å². The maximum atomic E-state index is 12.8. The summed E-state index contributed by atoms with van der Waals surface area (Å²) in [7, 11) is -4.36. The van der Waals surface area contributed by atoms with Crippen LogP contribution in [0, 0.1) is 0 Å². The summed E-state index contributed by atoms with van der Waals surface area (Å²) in [5.41, 5.74) is -0.846. The third-order valence-electron chi connectivity index (χ3n) is 3.46. The molecule has 2 aromatic rings. The number of sulfonamides is 1. The molecule has 0 atom stereocenters. The predicted octanol–water partition coefficient (Wildman–Crippen LogP) is 5.15. The van der Waals surface area contributed by atoms with Crippen molar-refractivity contribution in [1.29, 1.82) is 0 Å². The molecule has 9 heteroatoms. The Morgan fingerprint density at radius 3 is 2.27 bits per heavy atom. The van der Waals surface area contributed by atoms with Crippen LogP contribution in [0.25, 0.3) is 12.2 Å². The van der Waals surface area contributed by atoms with E-state index < -0.39 is 26.7 Å². The Kier molecular flexibility index (Phi) is 5.39. The summed E-state index contributed by atoms with van der Waals surface area (Å²) in [6, 6.07) is 4.44. The summed E-state index contributed by atoms with van der Waals surface area (Å²) in [4.78, 5) is -0.577. The number of benzene rings is 2. The van der Waals surface area contributed by atoms with E-state index in [-0.39, 0.29) is 27.6 Å². The van der Waals surface area contributed by atoms with E-state index in [1.54, 1.807) is 0 Å². The lowest BCUT2D eigenvalue weighted by molar-refractivity contribution is -0.137. The van der Waals surface area contributed by atoms with Crippen LogP contribution < -0.4 is 4.72 Å². The van der Waals surface area contributed by atoms with Gasteiger partial charge in [-0.2, -0.15) is 13.2 Å². The summed E-state index contributed by atoms with van der Waals surface area (Å²) in [6.45, 7) is 7.04. The van der Waals surface area contributed by atoms with E-state index in [2.05, 4.69) is 17.9 Å². The lowest BCUT2D eigenvalue weighted by atomic mass is 10.0. The Hall–Kier alpha value is -2.45. The first-order chi connectivity index (χ1) is 12.0. The van der Waals surface area contributed by atoms with E-state index >= 15 is 0 Å². The van der Waals surface area contributed by atoms with Crippen LogP contribution in [-0.4, -0.2) is 13.5 Å². The van der Waals surface area contributed by atoms with Crippen LogP contribution in [0.3, 0.4) is 0 Å². The second-order valence-electron chi connectivity index (χ2n) is 5.12. The van der Waals surface area contributed by atoms with Gasteiger partial charge in [0.15, 0.2) is 0 Å². The van der Waals surface area contributed by atoms with Gasteiger partial charge in [0.1, 0.15) is 5.75 Å². The molecule has 0 saturated carbocycles. The third kappa shape index (κ3) is 3.86. The summed E-state index contributed by atoms with van der Waals surface area (Å²) < 4.78 is 65.6. The molecule has 2 aromatic carbocycles. The minimum Gasteiger partial charge on any atom is -0.506 e. The van der Waals surface area contributed by atoms with Crippen LogP contribution in [0.1, 0.15) is 16.7 Å². The highest BCUT2D eigenvalue weighted by atomic mass is 35.5. The van der Waals surface area contributed by atoms with Crippen molar-refractivity contribution in [3.63, 3.8) is 0 Å². The first kappa shape index (κ1) is 19.9. The third-order valence-corrected chi connectivity index (χ3v) is 5.11. The molecule has 0 spiro atoms. The number of hydrogen-bond donors (Lipinski definition) is 2. The summed E-state index contributed by atoms with van der Waals surface area (Å²) in [6.07, 6.45) is -2.17. The van der Waals surface area contributed by atoms with Gasteiger partial charge in [-0.25, -0.2) is 8.42 Å². The van der Waals surface area contributed by atoms with Gasteiger partial charge in [-0.3, -0.25) is 4.72 Å². The van der Waals surface area contributed by atoms with Crippen molar-refractivity contribution < 1.29 is 26.7 Å². The average Bonchev–Trinajstić information content (AvgIpc) is 2.56. The van der Waals surface area contributed by atoms with E-state index in [0.717, 1.165) is 24.3 Å². The zero-order chi connectivity index (χ0) is 19.7. The molecule has 0 aliphatic carbocycles. The molecule has 26 heavy (non-hydrogen) atoms. The van der Waals surface area contributed by atoms with Gasteiger partial charge in [0.05, 0.1) is 21.2 Å². The molecule has 0 fully saturated rings. The van der Waals surface area contributed by atoms with Gasteiger partial charge in [0.25, 0.3) is 10.0 Å². The molecule has 0 aliphatic rings. The number of rotatable bonds is 5. The van der Waals surface area contributed by atoms with Gasteiger partial charge in [0.2, 0.25) is 0 Å². The molecule has 0 aromatic heterocycles. The molecule has 0 aliphatic heterocycles. The molecule has 4 nitrogen and oxygen atoms in total. The van der Waals surface area contributed by atoms with Crippen molar-refractivity contribution >= 4 is 39.5 Å². The number of nitrogens with one attached hydrogen (secondary N) is 1. The largest absolute Gasteiger partial charge is 0.506 e. The van der Waals surface area contributed by atoms with E-state index in [4.69, 9.17) is 11.6 Å².